The first-order chi connectivity index (χ1) is 14.1. The lowest BCUT2D eigenvalue weighted by atomic mass is 10.0. The van der Waals surface area contributed by atoms with Gasteiger partial charge in [0.05, 0.1) is 12.2 Å². The number of guanidine groups is 1. The second-order valence-corrected chi connectivity index (χ2v) is 7.76. The fourth-order valence-electron chi connectivity index (χ4n) is 3.66. The van der Waals surface area contributed by atoms with Gasteiger partial charge in [-0.05, 0) is 50.5 Å². The monoisotopic (exact) mass is 519 g/mol. The van der Waals surface area contributed by atoms with Gasteiger partial charge in [0.25, 0.3) is 0 Å². The van der Waals surface area contributed by atoms with Gasteiger partial charge in [-0.25, -0.2) is 4.99 Å². The Kier molecular flexibility index (Phi) is 10.3. The van der Waals surface area contributed by atoms with E-state index in [4.69, 9.17) is 4.99 Å². The Labute approximate surface area is 198 Å². The van der Waals surface area contributed by atoms with Crippen molar-refractivity contribution in [2.24, 2.45) is 4.99 Å². The quantitative estimate of drug-likeness (QED) is 0.246. The fourth-order valence-corrected chi connectivity index (χ4v) is 3.66. The molecule has 2 N–H and O–H groups in total. The third-order valence-electron chi connectivity index (χ3n) is 5.07. The standard InChI is InChI=1S/C24H33N5.HI/c1-4-25-24(28-22-11-14-29(15-12-22)18-19(2)3)27-17-20-8-7-9-21(16-20)23-10-5-6-13-26-23;/h5-10,13,16,22H,2,4,11-12,14-15,17-18H2,1,3H3,(H2,25,27,28);1H. The molecule has 6 heteroatoms. The number of likely N-dealkylation sites (tertiary alicyclic amines) is 1. The van der Waals surface area contributed by atoms with Crippen LogP contribution in [0.3, 0.4) is 0 Å². The molecule has 2 aromatic rings. The van der Waals surface area contributed by atoms with E-state index in [0.29, 0.717) is 12.6 Å². The van der Waals surface area contributed by atoms with Gasteiger partial charge in [-0.15, -0.1) is 24.0 Å². The predicted octanol–water partition coefficient (Wildman–Crippen LogP) is 4.46. The predicted molar refractivity (Wildman–Crippen MR) is 137 cm³/mol. The summed E-state index contributed by atoms with van der Waals surface area (Å²) in [6, 6.07) is 14.9. The lowest BCUT2D eigenvalue weighted by molar-refractivity contribution is 0.221. The number of pyridine rings is 1. The van der Waals surface area contributed by atoms with E-state index in [1.165, 1.54) is 11.1 Å². The molecule has 0 saturated carbocycles. The molecule has 162 valence electrons. The maximum absolute atomic E-state index is 4.83. The molecule has 0 atom stereocenters. The van der Waals surface area contributed by atoms with E-state index in [2.05, 4.69) is 65.2 Å². The van der Waals surface area contributed by atoms with E-state index in [1.807, 2.05) is 24.4 Å². The van der Waals surface area contributed by atoms with Crippen molar-refractivity contribution in [3.63, 3.8) is 0 Å². The van der Waals surface area contributed by atoms with Crippen molar-refractivity contribution in [1.29, 1.82) is 0 Å². The van der Waals surface area contributed by atoms with Gasteiger partial charge in [-0.1, -0.05) is 36.4 Å². The molecule has 30 heavy (non-hydrogen) atoms. The Hall–Kier alpha value is -1.93. The highest BCUT2D eigenvalue weighted by Crippen LogP contribution is 2.18. The highest BCUT2D eigenvalue weighted by Gasteiger charge is 2.19. The SMILES string of the molecule is C=C(C)CN1CCC(NC(=NCc2cccc(-c3ccccn3)c2)NCC)CC1.I. The number of halogens is 1. The Morgan fingerprint density at radius 2 is 2.00 bits per heavy atom. The van der Waals surface area contributed by atoms with Crippen LogP contribution in [0.4, 0.5) is 0 Å². The summed E-state index contributed by atoms with van der Waals surface area (Å²) < 4.78 is 0. The second-order valence-electron chi connectivity index (χ2n) is 7.76. The molecular formula is C24H34IN5. The van der Waals surface area contributed by atoms with Crippen molar-refractivity contribution >= 4 is 29.9 Å². The Morgan fingerprint density at radius 1 is 1.20 bits per heavy atom. The van der Waals surface area contributed by atoms with E-state index in [-0.39, 0.29) is 24.0 Å². The molecule has 0 radical (unpaired) electrons. The van der Waals surface area contributed by atoms with Crippen LogP contribution in [-0.4, -0.2) is 48.1 Å². The summed E-state index contributed by atoms with van der Waals surface area (Å²) in [6.45, 7) is 13.0. The number of hydrogen-bond acceptors (Lipinski definition) is 3. The highest BCUT2D eigenvalue weighted by atomic mass is 127. The minimum atomic E-state index is 0. The minimum Gasteiger partial charge on any atom is -0.357 e. The first-order valence-corrected chi connectivity index (χ1v) is 10.6. The first-order valence-electron chi connectivity index (χ1n) is 10.6. The zero-order chi connectivity index (χ0) is 20.5. The average molecular weight is 519 g/mol. The van der Waals surface area contributed by atoms with Crippen molar-refractivity contribution < 1.29 is 0 Å². The number of aromatic nitrogens is 1. The second kappa shape index (κ2) is 12.7. The van der Waals surface area contributed by atoms with Gasteiger partial charge >= 0.3 is 0 Å². The van der Waals surface area contributed by atoms with Crippen LogP contribution in [0.2, 0.25) is 0 Å². The molecule has 1 aliphatic heterocycles. The molecule has 1 saturated heterocycles. The molecule has 2 heterocycles. The third-order valence-corrected chi connectivity index (χ3v) is 5.07. The van der Waals surface area contributed by atoms with Crippen LogP contribution in [0.5, 0.6) is 0 Å². The molecule has 1 aromatic carbocycles. The van der Waals surface area contributed by atoms with E-state index in [9.17, 15) is 0 Å². The van der Waals surface area contributed by atoms with E-state index in [0.717, 1.165) is 56.2 Å². The molecule has 5 nitrogen and oxygen atoms in total. The van der Waals surface area contributed by atoms with Gasteiger partial charge in [0.2, 0.25) is 0 Å². The van der Waals surface area contributed by atoms with Gasteiger partial charge in [0.1, 0.15) is 0 Å². The van der Waals surface area contributed by atoms with Crippen molar-refractivity contribution in [2.45, 2.75) is 39.3 Å². The first kappa shape index (κ1) is 24.3. The summed E-state index contributed by atoms with van der Waals surface area (Å²) in [7, 11) is 0. The van der Waals surface area contributed by atoms with Crippen LogP contribution in [0, 0.1) is 0 Å². The number of aliphatic imine (C=N–C) groups is 1. The Balaban J connectivity index is 0.00000320. The smallest absolute Gasteiger partial charge is 0.191 e. The molecule has 0 amide bonds. The minimum absolute atomic E-state index is 0. The normalized spacial score (nSPS) is 15.3. The van der Waals surface area contributed by atoms with Crippen LogP contribution in [-0.2, 0) is 6.54 Å². The van der Waals surface area contributed by atoms with Gasteiger partial charge in [-0.2, -0.15) is 0 Å². The number of hydrogen-bond donors (Lipinski definition) is 2. The van der Waals surface area contributed by atoms with E-state index in [1.54, 1.807) is 0 Å². The molecule has 0 spiro atoms. The largest absolute Gasteiger partial charge is 0.357 e. The fraction of sp³-hybridized carbons (Fsp3) is 0.417. The number of piperidine rings is 1. The van der Waals surface area contributed by atoms with Gasteiger partial charge in [-0.3, -0.25) is 9.88 Å². The third kappa shape index (κ3) is 7.72. The van der Waals surface area contributed by atoms with Crippen molar-refractivity contribution in [3.8, 4) is 11.3 Å². The highest BCUT2D eigenvalue weighted by molar-refractivity contribution is 14.0. The van der Waals surface area contributed by atoms with Crippen LogP contribution < -0.4 is 10.6 Å². The number of benzene rings is 1. The van der Waals surface area contributed by atoms with E-state index < -0.39 is 0 Å². The lowest BCUT2D eigenvalue weighted by Gasteiger charge is -2.33. The number of nitrogens with one attached hydrogen (secondary N) is 2. The lowest BCUT2D eigenvalue weighted by Crippen LogP contribution is -2.48. The van der Waals surface area contributed by atoms with Crippen molar-refractivity contribution in [3.05, 3.63) is 66.4 Å². The zero-order valence-electron chi connectivity index (χ0n) is 18.1. The summed E-state index contributed by atoms with van der Waals surface area (Å²) >= 11 is 0. The Morgan fingerprint density at radius 3 is 2.67 bits per heavy atom. The van der Waals surface area contributed by atoms with Crippen LogP contribution in [0.15, 0.2) is 65.8 Å². The molecule has 1 aromatic heterocycles. The Bertz CT molecular complexity index is 813. The summed E-state index contributed by atoms with van der Waals surface area (Å²) in [5, 5.41) is 7.01. The summed E-state index contributed by atoms with van der Waals surface area (Å²) in [5.41, 5.74) is 4.53. The van der Waals surface area contributed by atoms with Crippen LogP contribution >= 0.6 is 24.0 Å². The number of nitrogens with zero attached hydrogens (tertiary/aromatic N) is 3. The van der Waals surface area contributed by atoms with Crippen LogP contribution in [0.25, 0.3) is 11.3 Å². The van der Waals surface area contributed by atoms with Gasteiger partial charge in [0, 0.05) is 44.0 Å². The van der Waals surface area contributed by atoms with Crippen LogP contribution in [0.1, 0.15) is 32.3 Å². The summed E-state index contributed by atoms with van der Waals surface area (Å²) in [4.78, 5) is 11.8. The summed E-state index contributed by atoms with van der Waals surface area (Å²) in [6.07, 6.45) is 4.09. The van der Waals surface area contributed by atoms with Crippen molar-refractivity contribution in [1.82, 2.24) is 20.5 Å². The molecule has 0 bridgehead atoms. The average Bonchev–Trinajstić information content (AvgIpc) is 2.74. The summed E-state index contributed by atoms with van der Waals surface area (Å²) in [5.74, 6) is 0.897. The van der Waals surface area contributed by atoms with Crippen molar-refractivity contribution in [2.75, 3.05) is 26.2 Å². The van der Waals surface area contributed by atoms with E-state index >= 15 is 0 Å². The molecule has 1 fully saturated rings. The topological polar surface area (TPSA) is 52.5 Å². The molecule has 3 rings (SSSR count). The van der Waals surface area contributed by atoms with Gasteiger partial charge < -0.3 is 10.6 Å². The molecule has 0 aliphatic carbocycles. The molecule has 1 aliphatic rings. The zero-order valence-corrected chi connectivity index (χ0v) is 20.4. The molecule has 0 unspecified atom stereocenters. The molecular weight excluding hydrogens is 485 g/mol. The maximum Gasteiger partial charge on any atom is 0.191 e. The van der Waals surface area contributed by atoms with Gasteiger partial charge in [0.15, 0.2) is 5.96 Å². The number of rotatable bonds is 7. The maximum atomic E-state index is 4.83.